The van der Waals surface area contributed by atoms with E-state index >= 15 is 0 Å². The van der Waals surface area contributed by atoms with Crippen molar-refractivity contribution < 1.29 is 0 Å². The summed E-state index contributed by atoms with van der Waals surface area (Å²) in [5.74, 6) is 0. The average Bonchev–Trinajstić information content (AvgIpc) is 2.22. The van der Waals surface area contributed by atoms with Crippen molar-refractivity contribution in [3.63, 3.8) is 0 Å². The summed E-state index contributed by atoms with van der Waals surface area (Å²) in [7, 11) is 0. The standard InChI is InChI=1S/C15H23N/c1-7-9-11-13(10-8-2)14(16)15(5,6)12(3)4/h8-11,16H,2-3,7H2,1,4-6H3/b11-9-,13-10+,16-14?. The Bertz CT molecular complexity index is 340. The molecule has 16 heavy (non-hydrogen) atoms. The van der Waals surface area contributed by atoms with Gasteiger partial charge in [0.05, 0.1) is 0 Å². The lowest BCUT2D eigenvalue weighted by Crippen LogP contribution is -2.25. The minimum absolute atomic E-state index is 0.299. The maximum absolute atomic E-state index is 8.23. The summed E-state index contributed by atoms with van der Waals surface area (Å²) in [6.07, 6.45) is 8.60. The first-order valence-corrected chi connectivity index (χ1v) is 5.62. The van der Waals surface area contributed by atoms with Gasteiger partial charge in [-0.2, -0.15) is 0 Å². The van der Waals surface area contributed by atoms with Crippen LogP contribution in [0.1, 0.15) is 34.1 Å². The topological polar surface area (TPSA) is 23.9 Å². The second kappa shape index (κ2) is 6.26. The Morgan fingerprint density at radius 1 is 1.38 bits per heavy atom. The molecule has 0 saturated carbocycles. The van der Waals surface area contributed by atoms with E-state index < -0.39 is 0 Å². The first-order valence-electron chi connectivity index (χ1n) is 5.62. The normalized spacial score (nSPS) is 12.9. The predicted molar refractivity (Wildman–Crippen MR) is 74.0 cm³/mol. The van der Waals surface area contributed by atoms with E-state index in [4.69, 9.17) is 5.41 Å². The van der Waals surface area contributed by atoms with Crippen LogP contribution < -0.4 is 0 Å². The predicted octanol–water partition coefficient (Wildman–Crippen LogP) is 4.69. The largest absolute Gasteiger partial charge is 0.304 e. The van der Waals surface area contributed by atoms with Gasteiger partial charge in [-0.1, -0.05) is 63.8 Å². The van der Waals surface area contributed by atoms with Crippen LogP contribution in [0.15, 0.2) is 48.6 Å². The fourth-order valence-electron chi connectivity index (χ4n) is 1.17. The maximum atomic E-state index is 8.23. The van der Waals surface area contributed by atoms with Crippen LogP contribution in [0.25, 0.3) is 0 Å². The number of nitrogens with one attached hydrogen (secondary N) is 1. The van der Waals surface area contributed by atoms with Gasteiger partial charge in [-0.05, 0) is 18.9 Å². The number of hydrogen-bond acceptors (Lipinski definition) is 1. The summed E-state index contributed by atoms with van der Waals surface area (Å²) >= 11 is 0. The van der Waals surface area contributed by atoms with Gasteiger partial charge in [0.25, 0.3) is 0 Å². The van der Waals surface area contributed by atoms with E-state index in [0.717, 1.165) is 17.6 Å². The van der Waals surface area contributed by atoms with Crippen molar-refractivity contribution in [2.75, 3.05) is 0 Å². The van der Waals surface area contributed by atoms with Crippen LogP contribution in [0, 0.1) is 10.8 Å². The summed E-state index contributed by atoms with van der Waals surface area (Å²) < 4.78 is 0. The van der Waals surface area contributed by atoms with Crippen molar-refractivity contribution in [2.24, 2.45) is 5.41 Å². The van der Waals surface area contributed by atoms with Gasteiger partial charge in [0.2, 0.25) is 0 Å². The molecule has 0 aliphatic heterocycles. The Balaban J connectivity index is 5.19. The van der Waals surface area contributed by atoms with Crippen molar-refractivity contribution in [1.29, 1.82) is 5.41 Å². The van der Waals surface area contributed by atoms with Crippen molar-refractivity contribution in [2.45, 2.75) is 34.1 Å². The molecule has 0 atom stereocenters. The lowest BCUT2D eigenvalue weighted by Gasteiger charge is -2.27. The molecule has 0 aliphatic rings. The fraction of sp³-hybridized carbons (Fsp3) is 0.400. The van der Waals surface area contributed by atoms with Gasteiger partial charge in [0.15, 0.2) is 0 Å². The zero-order valence-corrected chi connectivity index (χ0v) is 10.9. The molecule has 1 heteroatoms. The molecule has 0 aromatic carbocycles. The van der Waals surface area contributed by atoms with Gasteiger partial charge in [-0.3, -0.25) is 0 Å². The van der Waals surface area contributed by atoms with Crippen LogP contribution in [-0.2, 0) is 0 Å². The highest BCUT2D eigenvalue weighted by Gasteiger charge is 2.25. The van der Waals surface area contributed by atoms with E-state index in [1.807, 2.05) is 32.9 Å². The molecule has 0 radical (unpaired) electrons. The van der Waals surface area contributed by atoms with Crippen molar-refractivity contribution in [3.05, 3.63) is 48.6 Å². The molecule has 0 saturated heterocycles. The molecule has 1 N–H and O–H groups in total. The molecule has 0 aromatic heterocycles. The number of allylic oxidation sites excluding steroid dienone is 6. The molecule has 0 heterocycles. The maximum Gasteiger partial charge on any atom is 0.0482 e. The Morgan fingerprint density at radius 3 is 2.31 bits per heavy atom. The first kappa shape index (κ1) is 14.6. The van der Waals surface area contributed by atoms with Gasteiger partial charge in [-0.25, -0.2) is 0 Å². The van der Waals surface area contributed by atoms with Crippen molar-refractivity contribution in [1.82, 2.24) is 0 Å². The fourth-order valence-corrected chi connectivity index (χ4v) is 1.17. The Hall–Kier alpha value is -1.37. The van der Waals surface area contributed by atoms with E-state index in [1.165, 1.54) is 0 Å². The molecule has 0 spiro atoms. The highest BCUT2D eigenvalue weighted by Crippen LogP contribution is 2.29. The van der Waals surface area contributed by atoms with Gasteiger partial charge in [0.1, 0.15) is 0 Å². The monoisotopic (exact) mass is 217 g/mol. The third kappa shape index (κ3) is 3.65. The lowest BCUT2D eigenvalue weighted by atomic mass is 9.78. The van der Waals surface area contributed by atoms with E-state index in [2.05, 4.69) is 26.2 Å². The average molecular weight is 217 g/mol. The summed E-state index contributed by atoms with van der Waals surface area (Å²) in [5, 5.41) is 8.23. The van der Waals surface area contributed by atoms with Crippen LogP contribution in [0.5, 0.6) is 0 Å². The Labute approximate surface area is 99.8 Å². The minimum atomic E-state index is -0.299. The van der Waals surface area contributed by atoms with Gasteiger partial charge < -0.3 is 5.41 Å². The Morgan fingerprint density at radius 2 is 1.94 bits per heavy atom. The smallest absolute Gasteiger partial charge is 0.0482 e. The van der Waals surface area contributed by atoms with Crippen LogP contribution >= 0.6 is 0 Å². The summed E-state index contributed by atoms with van der Waals surface area (Å²) in [6, 6.07) is 0. The van der Waals surface area contributed by atoms with Gasteiger partial charge in [-0.15, -0.1) is 0 Å². The van der Waals surface area contributed by atoms with Crippen molar-refractivity contribution >= 4 is 5.71 Å². The van der Waals surface area contributed by atoms with Gasteiger partial charge in [0, 0.05) is 11.1 Å². The molecule has 0 unspecified atom stereocenters. The van der Waals surface area contributed by atoms with Crippen LogP contribution in [-0.4, -0.2) is 5.71 Å². The molecule has 0 aromatic rings. The van der Waals surface area contributed by atoms with Crippen molar-refractivity contribution in [3.8, 4) is 0 Å². The SMILES string of the molecule is C=C/C=C(\C=C/CC)C(=N)C(C)(C)C(=C)C. The molecular formula is C15H23N. The molecule has 0 fully saturated rings. The molecule has 0 aliphatic carbocycles. The van der Waals surface area contributed by atoms with Crippen LogP contribution in [0.4, 0.5) is 0 Å². The summed E-state index contributed by atoms with van der Waals surface area (Å²) in [4.78, 5) is 0. The zero-order chi connectivity index (χ0) is 12.8. The van der Waals surface area contributed by atoms with E-state index in [9.17, 15) is 0 Å². The minimum Gasteiger partial charge on any atom is -0.304 e. The molecule has 0 bridgehead atoms. The molecule has 88 valence electrons. The molecule has 0 amide bonds. The summed E-state index contributed by atoms with van der Waals surface area (Å²) in [5.41, 5.74) is 2.19. The lowest BCUT2D eigenvalue weighted by molar-refractivity contribution is 0.626. The second-order valence-corrected chi connectivity index (χ2v) is 4.45. The third-order valence-electron chi connectivity index (χ3n) is 2.81. The first-order chi connectivity index (χ1) is 7.37. The van der Waals surface area contributed by atoms with E-state index in [-0.39, 0.29) is 5.41 Å². The molecule has 0 rings (SSSR count). The third-order valence-corrected chi connectivity index (χ3v) is 2.81. The highest BCUT2D eigenvalue weighted by molar-refractivity contribution is 6.05. The van der Waals surface area contributed by atoms with Crippen LogP contribution in [0.2, 0.25) is 0 Å². The molecule has 1 nitrogen and oxygen atoms in total. The zero-order valence-electron chi connectivity index (χ0n) is 10.9. The molecular weight excluding hydrogens is 194 g/mol. The van der Waals surface area contributed by atoms with Crippen LogP contribution in [0.3, 0.4) is 0 Å². The second-order valence-electron chi connectivity index (χ2n) is 4.45. The number of hydrogen-bond donors (Lipinski definition) is 1. The van der Waals surface area contributed by atoms with E-state index in [1.54, 1.807) is 6.08 Å². The Kier molecular flexibility index (Phi) is 5.73. The summed E-state index contributed by atoms with van der Waals surface area (Å²) in [6.45, 7) is 15.7. The highest BCUT2D eigenvalue weighted by atomic mass is 14.5. The van der Waals surface area contributed by atoms with E-state index in [0.29, 0.717) is 5.71 Å². The number of rotatable bonds is 6. The quantitative estimate of drug-likeness (QED) is 0.379. The van der Waals surface area contributed by atoms with Gasteiger partial charge >= 0.3 is 0 Å².